The van der Waals surface area contributed by atoms with E-state index in [1.165, 1.54) is 31.4 Å². The van der Waals surface area contributed by atoms with E-state index in [0.717, 1.165) is 4.90 Å². The third-order valence-electron chi connectivity index (χ3n) is 3.06. The van der Waals surface area contributed by atoms with Gasteiger partial charge in [0.05, 0.1) is 12.0 Å². The van der Waals surface area contributed by atoms with Crippen LogP contribution in [0.5, 0.6) is 5.75 Å². The maximum atomic E-state index is 12.1. The topological polar surface area (TPSA) is 116 Å². The van der Waals surface area contributed by atoms with Crippen LogP contribution in [-0.2, 0) is 9.59 Å². The summed E-state index contributed by atoms with van der Waals surface area (Å²) in [5.74, 6) is -1.52. The summed E-state index contributed by atoms with van der Waals surface area (Å²) < 4.78 is 5.03. The standard InChI is InChI=1S/C15H13N3O5/c1-23-13-8-6-11(7-9-13)17(15(20)14(16)19)10-2-4-12(5-3-10)18(21)22/h2-9H,1H3,(H2,16,19). The Balaban J connectivity index is 2.46. The van der Waals surface area contributed by atoms with E-state index in [1.807, 2.05) is 0 Å². The number of ether oxygens (including phenoxy) is 1. The number of carbonyl (C=O) groups is 2. The van der Waals surface area contributed by atoms with Crippen LogP contribution in [0.15, 0.2) is 48.5 Å². The van der Waals surface area contributed by atoms with Crippen molar-refractivity contribution < 1.29 is 19.2 Å². The molecule has 0 atom stereocenters. The van der Waals surface area contributed by atoms with Gasteiger partial charge in [-0.1, -0.05) is 0 Å². The number of benzene rings is 2. The molecular weight excluding hydrogens is 302 g/mol. The monoisotopic (exact) mass is 315 g/mol. The molecule has 0 spiro atoms. The van der Waals surface area contributed by atoms with Crippen molar-refractivity contribution in [1.82, 2.24) is 0 Å². The number of hydrogen-bond donors (Lipinski definition) is 1. The highest BCUT2D eigenvalue weighted by atomic mass is 16.6. The van der Waals surface area contributed by atoms with Crippen LogP contribution in [0.25, 0.3) is 0 Å². The highest BCUT2D eigenvalue weighted by Gasteiger charge is 2.23. The lowest BCUT2D eigenvalue weighted by Gasteiger charge is -2.21. The summed E-state index contributed by atoms with van der Waals surface area (Å²) in [6, 6.07) is 11.6. The number of anilines is 2. The van der Waals surface area contributed by atoms with Crippen LogP contribution in [0.2, 0.25) is 0 Å². The van der Waals surface area contributed by atoms with Crippen molar-refractivity contribution in [1.29, 1.82) is 0 Å². The summed E-state index contributed by atoms with van der Waals surface area (Å²) in [5, 5.41) is 10.7. The molecule has 2 N–H and O–H groups in total. The lowest BCUT2D eigenvalue weighted by molar-refractivity contribution is -0.384. The summed E-state index contributed by atoms with van der Waals surface area (Å²) >= 11 is 0. The number of nitrogens with two attached hydrogens (primary N) is 1. The number of methoxy groups -OCH3 is 1. The molecule has 0 aliphatic rings. The molecule has 2 amide bonds. The molecule has 0 aromatic heterocycles. The Bertz CT molecular complexity index is 741. The van der Waals surface area contributed by atoms with Crippen molar-refractivity contribution in [3.63, 3.8) is 0 Å². The van der Waals surface area contributed by atoms with Crippen molar-refractivity contribution in [3.05, 3.63) is 58.6 Å². The number of carbonyl (C=O) groups excluding carboxylic acids is 2. The molecule has 2 rings (SSSR count). The van der Waals surface area contributed by atoms with Crippen molar-refractivity contribution in [2.75, 3.05) is 12.0 Å². The summed E-state index contributed by atoms with van der Waals surface area (Å²) in [6.45, 7) is 0. The first-order chi connectivity index (χ1) is 10.9. The molecule has 118 valence electrons. The first-order valence-electron chi connectivity index (χ1n) is 6.46. The third kappa shape index (κ3) is 3.43. The van der Waals surface area contributed by atoms with Crippen molar-refractivity contribution in [3.8, 4) is 5.75 Å². The Morgan fingerprint density at radius 3 is 1.91 bits per heavy atom. The van der Waals surface area contributed by atoms with Gasteiger partial charge in [0.15, 0.2) is 0 Å². The smallest absolute Gasteiger partial charge is 0.320 e. The summed E-state index contributed by atoms with van der Waals surface area (Å²) in [4.78, 5) is 34.6. The predicted octanol–water partition coefficient (Wildman–Crippen LogP) is 1.75. The number of non-ortho nitro benzene ring substituents is 1. The molecule has 0 bridgehead atoms. The van der Waals surface area contributed by atoms with Gasteiger partial charge in [-0.25, -0.2) is 0 Å². The molecular formula is C15H13N3O5. The molecule has 0 aliphatic heterocycles. The van der Waals surface area contributed by atoms with Crippen LogP contribution in [0.1, 0.15) is 0 Å². The fourth-order valence-corrected chi connectivity index (χ4v) is 1.95. The summed E-state index contributed by atoms with van der Waals surface area (Å²) in [7, 11) is 1.50. The number of nitro benzene ring substituents is 1. The molecule has 0 heterocycles. The second kappa shape index (κ2) is 6.56. The van der Waals surface area contributed by atoms with E-state index in [-0.39, 0.29) is 11.4 Å². The molecule has 8 nitrogen and oxygen atoms in total. The minimum Gasteiger partial charge on any atom is -0.497 e. The average molecular weight is 315 g/mol. The molecule has 8 heteroatoms. The van der Waals surface area contributed by atoms with Gasteiger partial charge in [0, 0.05) is 23.5 Å². The van der Waals surface area contributed by atoms with E-state index in [0.29, 0.717) is 11.4 Å². The van der Waals surface area contributed by atoms with Crippen LogP contribution in [0.3, 0.4) is 0 Å². The fourth-order valence-electron chi connectivity index (χ4n) is 1.95. The van der Waals surface area contributed by atoms with E-state index in [4.69, 9.17) is 10.5 Å². The van der Waals surface area contributed by atoms with E-state index in [9.17, 15) is 19.7 Å². The number of hydrogen-bond acceptors (Lipinski definition) is 5. The number of primary amides is 1. The SMILES string of the molecule is COc1ccc(N(C(=O)C(N)=O)c2ccc([N+](=O)[O-])cc2)cc1. The molecule has 0 aliphatic carbocycles. The van der Waals surface area contributed by atoms with Gasteiger partial charge in [0.25, 0.3) is 5.69 Å². The minimum atomic E-state index is -1.14. The van der Waals surface area contributed by atoms with Crippen LogP contribution in [0, 0.1) is 10.1 Å². The van der Waals surface area contributed by atoms with Crippen molar-refractivity contribution in [2.45, 2.75) is 0 Å². The first kappa shape index (κ1) is 16.0. The Labute approximate surface area is 131 Å². The number of nitro groups is 1. The normalized spacial score (nSPS) is 9.96. The molecule has 23 heavy (non-hydrogen) atoms. The van der Waals surface area contributed by atoms with Gasteiger partial charge in [-0.05, 0) is 36.4 Å². The van der Waals surface area contributed by atoms with Crippen molar-refractivity contribution in [2.24, 2.45) is 5.73 Å². The highest BCUT2D eigenvalue weighted by molar-refractivity contribution is 6.41. The number of amides is 2. The molecule has 0 radical (unpaired) electrons. The van der Waals surface area contributed by atoms with Gasteiger partial charge in [0.1, 0.15) is 5.75 Å². The molecule has 0 unspecified atom stereocenters. The Morgan fingerprint density at radius 1 is 1.04 bits per heavy atom. The zero-order valence-corrected chi connectivity index (χ0v) is 12.1. The third-order valence-corrected chi connectivity index (χ3v) is 3.06. The zero-order valence-electron chi connectivity index (χ0n) is 12.1. The van der Waals surface area contributed by atoms with Crippen LogP contribution in [0.4, 0.5) is 17.1 Å². The quantitative estimate of drug-likeness (QED) is 0.524. The second-order valence-electron chi connectivity index (χ2n) is 4.48. The van der Waals surface area contributed by atoms with E-state index in [2.05, 4.69) is 0 Å². The fraction of sp³-hybridized carbons (Fsp3) is 0.0667. The van der Waals surface area contributed by atoms with Crippen LogP contribution < -0.4 is 15.4 Å². The average Bonchev–Trinajstić information content (AvgIpc) is 2.56. The van der Waals surface area contributed by atoms with Gasteiger partial charge >= 0.3 is 11.8 Å². The Morgan fingerprint density at radius 2 is 1.52 bits per heavy atom. The summed E-state index contributed by atoms with van der Waals surface area (Å²) in [6.07, 6.45) is 0. The first-order valence-corrected chi connectivity index (χ1v) is 6.46. The van der Waals surface area contributed by atoms with Gasteiger partial charge < -0.3 is 10.5 Å². The maximum Gasteiger partial charge on any atom is 0.320 e. The maximum absolute atomic E-state index is 12.1. The van der Waals surface area contributed by atoms with Crippen molar-refractivity contribution >= 4 is 28.9 Å². The number of nitrogens with zero attached hydrogens (tertiary/aromatic N) is 2. The van der Waals surface area contributed by atoms with E-state index >= 15 is 0 Å². The van der Waals surface area contributed by atoms with E-state index in [1.54, 1.807) is 24.3 Å². The number of rotatable bonds is 4. The van der Waals surface area contributed by atoms with Crippen LogP contribution >= 0.6 is 0 Å². The molecule has 0 saturated carbocycles. The molecule has 0 saturated heterocycles. The summed E-state index contributed by atoms with van der Waals surface area (Å²) in [5.41, 5.74) is 5.61. The lowest BCUT2D eigenvalue weighted by Crippen LogP contribution is -2.37. The largest absolute Gasteiger partial charge is 0.497 e. The Hall–Kier alpha value is -3.42. The van der Waals surface area contributed by atoms with Gasteiger partial charge in [-0.3, -0.25) is 24.6 Å². The van der Waals surface area contributed by atoms with E-state index < -0.39 is 16.7 Å². The lowest BCUT2D eigenvalue weighted by atomic mass is 10.2. The van der Waals surface area contributed by atoms with Crippen LogP contribution in [-0.4, -0.2) is 23.8 Å². The van der Waals surface area contributed by atoms with Gasteiger partial charge in [-0.2, -0.15) is 0 Å². The second-order valence-corrected chi connectivity index (χ2v) is 4.48. The van der Waals surface area contributed by atoms with Gasteiger partial charge in [0.2, 0.25) is 0 Å². The molecule has 2 aromatic carbocycles. The highest BCUT2D eigenvalue weighted by Crippen LogP contribution is 2.28. The Kier molecular flexibility index (Phi) is 4.55. The minimum absolute atomic E-state index is 0.130. The predicted molar refractivity (Wildman–Crippen MR) is 82.4 cm³/mol. The zero-order chi connectivity index (χ0) is 17.0. The molecule has 0 fully saturated rings. The van der Waals surface area contributed by atoms with Gasteiger partial charge in [-0.15, -0.1) is 0 Å². The molecule has 2 aromatic rings.